The van der Waals surface area contributed by atoms with Crippen LogP contribution in [0.25, 0.3) is 0 Å². The average molecular weight is 444 g/mol. The fourth-order valence-electron chi connectivity index (χ4n) is 3.09. The summed E-state index contributed by atoms with van der Waals surface area (Å²) in [5, 5.41) is 13.4. The van der Waals surface area contributed by atoms with Crippen LogP contribution in [0.15, 0.2) is 78.9 Å². The smallest absolute Gasteiger partial charge is 0.166 e. The number of carbonyl (C=O) groups is 1. The number of hydrogen-bond donors (Lipinski definition) is 2. The predicted molar refractivity (Wildman–Crippen MR) is 122 cm³/mol. The summed E-state index contributed by atoms with van der Waals surface area (Å²) >= 11 is 0. The van der Waals surface area contributed by atoms with E-state index in [1.165, 1.54) is 12.1 Å². The van der Waals surface area contributed by atoms with Crippen molar-refractivity contribution in [1.29, 1.82) is 0 Å². The summed E-state index contributed by atoms with van der Waals surface area (Å²) in [6.45, 7) is 1.13. The molecular formula is C25H27ClFNO3. The van der Waals surface area contributed by atoms with Gasteiger partial charge in [-0.15, -0.1) is 12.4 Å². The number of Topliss-reactive ketones (excluding diaryl/α,β-unsaturated/α-hetero) is 1. The largest absolute Gasteiger partial charge is 0.490 e. The van der Waals surface area contributed by atoms with Crippen LogP contribution in [0.1, 0.15) is 27.9 Å². The van der Waals surface area contributed by atoms with Gasteiger partial charge in [0.05, 0.1) is 5.56 Å². The molecule has 2 N–H and O–H groups in total. The monoisotopic (exact) mass is 443 g/mol. The standard InChI is InChI=1S/C25H26FNO3.ClH/c26-21-13-10-19(11-14-21)12-15-24(29)23-8-4-5-9-25(23)30-18-22(28)17-27-16-20-6-2-1-3-7-20;/h1-11,13-14,22,27-28H,12,15-18H2;1H. The Hall–Kier alpha value is -2.73. The van der Waals surface area contributed by atoms with Crippen LogP contribution in [0.2, 0.25) is 0 Å². The quantitative estimate of drug-likeness (QED) is 0.425. The van der Waals surface area contributed by atoms with Crippen molar-refractivity contribution in [3.63, 3.8) is 0 Å². The molecule has 0 radical (unpaired) electrons. The number of ketones is 1. The van der Waals surface area contributed by atoms with Crippen LogP contribution >= 0.6 is 12.4 Å². The van der Waals surface area contributed by atoms with E-state index in [-0.39, 0.29) is 30.6 Å². The second-order valence-electron chi connectivity index (χ2n) is 7.13. The average Bonchev–Trinajstić information content (AvgIpc) is 2.78. The molecule has 0 saturated heterocycles. The molecule has 31 heavy (non-hydrogen) atoms. The van der Waals surface area contributed by atoms with Gasteiger partial charge in [0.15, 0.2) is 5.78 Å². The molecule has 6 heteroatoms. The highest BCUT2D eigenvalue weighted by Gasteiger charge is 2.14. The van der Waals surface area contributed by atoms with Gasteiger partial charge in [0.2, 0.25) is 0 Å². The number of benzene rings is 3. The highest BCUT2D eigenvalue weighted by molar-refractivity contribution is 5.98. The Morgan fingerprint density at radius 3 is 2.35 bits per heavy atom. The van der Waals surface area contributed by atoms with Gasteiger partial charge in [-0.1, -0.05) is 54.6 Å². The number of nitrogens with one attached hydrogen (secondary N) is 1. The summed E-state index contributed by atoms with van der Waals surface area (Å²) in [5.74, 6) is 0.121. The van der Waals surface area contributed by atoms with Crippen molar-refractivity contribution in [2.45, 2.75) is 25.5 Å². The number of carbonyl (C=O) groups excluding carboxylic acids is 1. The van der Waals surface area contributed by atoms with Gasteiger partial charge in [0, 0.05) is 19.5 Å². The lowest BCUT2D eigenvalue weighted by molar-refractivity contribution is 0.0949. The first kappa shape index (κ1) is 24.5. The van der Waals surface area contributed by atoms with Gasteiger partial charge in [-0.2, -0.15) is 0 Å². The van der Waals surface area contributed by atoms with Crippen molar-refractivity contribution in [3.05, 3.63) is 101 Å². The van der Waals surface area contributed by atoms with E-state index in [1.807, 2.05) is 30.3 Å². The molecule has 3 aromatic rings. The number of para-hydroxylation sites is 1. The Morgan fingerprint density at radius 1 is 0.935 bits per heavy atom. The minimum Gasteiger partial charge on any atom is -0.490 e. The zero-order chi connectivity index (χ0) is 21.2. The Kier molecular flexibility index (Phi) is 10.2. The first-order valence-electron chi connectivity index (χ1n) is 10.0. The number of aliphatic hydroxyl groups is 1. The van der Waals surface area contributed by atoms with Crippen LogP contribution in [-0.2, 0) is 13.0 Å². The summed E-state index contributed by atoms with van der Waals surface area (Å²) < 4.78 is 18.7. The normalized spacial score (nSPS) is 11.4. The number of aliphatic hydroxyl groups excluding tert-OH is 1. The molecule has 0 bridgehead atoms. The highest BCUT2D eigenvalue weighted by Crippen LogP contribution is 2.21. The predicted octanol–water partition coefficient (Wildman–Crippen LogP) is 4.59. The molecule has 0 aliphatic rings. The topological polar surface area (TPSA) is 58.6 Å². The third kappa shape index (κ3) is 8.13. The number of aryl methyl sites for hydroxylation is 1. The minimum absolute atomic E-state index is 0. The SMILES string of the molecule is Cl.O=C(CCc1ccc(F)cc1)c1ccccc1OCC(O)CNCc1ccccc1. The molecule has 0 spiro atoms. The zero-order valence-electron chi connectivity index (χ0n) is 17.2. The lowest BCUT2D eigenvalue weighted by Crippen LogP contribution is -2.31. The van der Waals surface area contributed by atoms with Gasteiger partial charge in [-0.05, 0) is 41.8 Å². The molecule has 0 amide bonds. The maximum atomic E-state index is 13.0. The molecule has 4 nitrogen and oxygen atoms in total. The van der Waals surface area contributed by atoms with Crippen LogP contribution in [0.5, 0.6) is 5.75 Å². The van der Waals surface area contributed by atoms with Crippen LogP contribution in [0, 0.1) is 5.82 Å². The molecule has 0 heterocycles. The second-order valence-corrected chi connectivity index (χ2v) is 7.13. The van der Waals surface area contributed by atoms with Gasteiger partial charge in [0.25, 0.3) is 0 Å². The van der Waals surface area contributed by atoms with Gasteiger partial charge in [-0.3, -0.25) is 4.79 Å². The zero-order valence-corrected chi connectivity index (χ0v) is 18.0. The fraction of sp³-hybridized carbons (Fsp3) is 0.240. The van der Waals surface area contributed by atoms with E-state index in [1.54, 1.807) is 36.4 Å². The number of ether oxygens (including phenoxy) is 1. The summed E-state index contributed by atoms with van der Waals surface area (Å²) in [5.41, 5.74) is 2.54. The van der Waals surface area contributed by atoms with Crippen molar-refractivity contribution >= 4 is 18.2 Å². The van der Waals surface area contributed by atoms with Crippen LogP contribution < -0.4 is 10.1 Å². The van der Waals surface area contributed by atoms with Gasteiger partial charge in [0.1, 0.15) is 24.3 Å². The van der Waals surface area contributed by atoms with Crippen molar-refractivity contribution in [1.82, 2.24) is 5.32 Å². The third-order valence-electron chi connectivity index (χ3n) is 4.72. The maximum Gasteiger partial charge on any atom is 0.166 e. The molecular weight excluding hydrogens is 417 g/mol. The van der Waals surface area contributed by atoms with E-state index < -0.39 is 6.10 Å². The molecule has 0 aromatic heterocycles. The molecule has 1 atom stereocenters. The van der Waals surface area contributed by atoms with Crippen molar-refractivity contribution < 1.29 is 19.0 Å². The Bertz CT molecular complexity index is 935. The van der Waals surface area contributed by atoms with Crippen molar-refractivity contribution in [3.8, 4) is 5.75 Å². The number of hydrogen-bond acceptors (Lipinski definition) is 4. The Balaban J connectivity index is 0.00000341. The molecule has 0 aliphatic heterocycles. The van der Waals surface area contributed by atoms with E-state index in [2.05, 4.69) is 5.32 Å². The van der Waals surface area contributed by atoms with Gasteiger partial charge < -0.3 is 15.2 Å². The van der Waals surface area contributed by atoms with E-state index in [9.17, 15) is 14.3 Å². The Labute approximate surface area is 188 Å². The van der Waals surface area contributed by atoms with Crippen LogP contribution in [0.3, 0.4) is 0 Å². The summed E-state index contributed by atoms with van der Waals surface area (Å²) in [4.78, 5) is 12.7. The molecule has 0 saturated carbocycles. The van der Waals surface area contributed by atoms with Gasteiger partial charge in [-0.25, -0.2) is 4.39 Å². The highest BCUT2D eigenvalue weighted by atomic mass is 35.5. The first-order valence-corrected chi connectivity index (χ1v) is 10.0. The van der Waals surface area contributed by atoms with E-state index in [0.717, 1.165) is 11.1 Å². The minimum atomic E-state index is -0.698. The molecule has 164 valence electrons. The maximum absolute atomic E-state index is 13.0. The molecule has 3 rings (SSSR count). The van der Waals surface area contributed by atoms with Crippen LogP contribution in [-0.4, -0.2) is 30.1 Å². The lowest BCUT2D eigenvalue weighted by atomic mass is 10.0. The van der Waals surface area contributed by atoms with Crippen molar-refractivity contribution in [2.75, 3.05) is 13.2 Å². The number of halogens is 2. The van der Waals surface area contributed by atoms with Crippen molar-refractivity contribution in [2.24, 2.45) is 0 Å². The molecule has 0 fully saturated rings. The second kappa shape index (κ2) is 12.8. The molecule has 0 aliphatic carbocycles. The van der Waals surface area contributed by atoms with Gasteiger partial charge >= 0.3 is 0 Å². The molecule has 3 aromatic carbocycles. The number of rotatable bonds is 11. The molecule has 1 unspecified atom stereocenters. The summed E-state index contributed by atoms with van der Waals surface area (Å²) in [7, 11) is 0. The lowest BCUT2D eigenvalue weighted by Gasteiger charge is -2.15. The van der Waals surface area contributed by atoms with E-state index in [4.69, 9.17) is 4.74 Å². The fourth-order valence-corrected chi connectivity index (χ4v) is 3.09. The van der Waals surface area contributed by atoms with E-state index in [0.29, 0.717) is 37.2 Å². The third-order valence-corrected chi connectivity index (χ3v) is 4.72. The summed E-state index contributed by atoms with van der Waals surface area (Å²) in [6.07, 6.45) is 0.128. The first-order chi connectivity index (χ1) is 14.6. The van der Waals surface area contributed by atoms with Crippen LogP contribution in [0.4, 0.5) is 4.39 Å². The Morgan fingerprint density at radius 2 is 1.61 bits per heavy atom. The van der Waals surface area contributed by atoms with E-state index >= 15 is 0 Å². The summed E-state index contributed by atoms with van der Waals surface area (Å²) in [6, 6.07) is 23.1.